The molecule has 0 radical (unpaired) electrons. The molecule has 6 heteroatoms. The number of hydrogen-bond donors (Lipinski definition) is 2. The molecule has 3 N–H and O–H groups in total. The third-order valence-corrected chi connectivity index (χ3v) is 3.88. The summed E-state index contributed by atoms with van der Waals surface area (Å²) < 4.78 is 1.83. The third-order valence-electron chi connectivity index (χ3n) is 3.88. The van der Waals surface area contributed by atoms with E-state index < -0.39 is 0 Å². The van der Waals surface area contributed by atoms with Crippen LogP contribution >= 0.6 is 0 Å². The van der Waals surface area contributed by atoms with Crippen LogP contribution in [0, 0.1) is 12.8 Å². The van der Waals surface area contributed by atoms with Crippen LogP contribution in [-0.4, -0.2) is 33.9 Å². The molecule has 1 aromatic heterocycles. The van der Waals surface area contributed by atoms with Gasteiger partial charge >= 0.3 is 0 Å². The van der Waals surface area contributed by atoms with E-state index in [0.29, 0.717) is 12.3 Å². The molecule has 106 valence electrons. The molecule has 19 heavy (non-hydrogen) atoms. The maximum atomic E-state index is 10.9. The fourth-order valence-electron chi connectivity index (χ4n) is 2.90. The van der Waals surface area contributed by atoms with Crippen LogP contribution in [0.1, 0.15) is 30.5 Å². The van der Waals surface area contributed by atoms with Crippen molar-refractivity contribution in [3.63, 3.8) is 0 Å². The first-order chi connectivity index (χ1) is 9.02. The number of hydrogen-bond acceptors (Lipinski definition) is 4. The lowest BCUT2D eigenvalue weighted by Crippen LogP contribution is -2.36. The van der Waals surface area contributed by atoms with Gasteiger partial charge in [0.05, 0.1) is 12.3 Å². The Labute approximate surface area is 113 Å². The smallest absolute Gasteiger partial charge is 0.217 e. The number of aliphatic hydroxyl groups is 1. The highest BCUT2D eigenvalue weighted by atomic mass is 16.3. The Morgan fingerprint density at radius 2 is 2.11 bits per heavy atom. The minimum atomic E-state index is -0.217. The lowest BCUT2D eigenvalue weighted by Gasteiger charge is -2.33. The van der Waals surface area contributed by atoms with Gasteiger partial charge in [-0.05, 0) is 25.7 Å². The lowest BCUT2D eigenvalue weighted by molar-refractivity contribution is -0.119. The van der Waals surface area contributed by atoms with Crippen molar-refractivity contribution in [2.45, 2.75) is 32.8 Å². The van der Waals surface area contributed by atoms with E-state index in [1.165, 1.54) is 0 Å². The van der Waals surface area contributed by atoms with Crippen LogP contribution in [-0.2, 0) is 18.4 Å². The summed E-state index contributed by atoms with van der Waals surface area (Å²) in [6, 6.07) is 0. The molecular weight excluding hydrogens is 244 g/mol. The minimum Gasteiger partial charge on any atom is -0.391 e. The molecule has 0 atom stereocenters. The first kappa shape index (κ1) is 13.9. The number of aryl methyl sites for hydroxylation is 2. The lowest BCUT2D eigenvalue weighted by atomic mass is 9.93. The Kier molecular flexibility index (Phi) is 4.09. The highest BCUT2D eigenvalue weighted by Gasteiger charge is 2.25. The van der Waals surface area contributed by atoms with E-state index in [4.69, 9.17) is 5.73 Å². The topological polar surface area (TPSA) is 84.4 Å². The van der Waals surface area contributed by atoms with Gasteiger partial charge in [0, 0.05) is 32.1 Å². The van der Waals surface area contributed by atoms with E-state index in [0.717, 1.165) is 43.0 Å². The zero-order valence-electron chi connectivity index (χ0n) is 11.6. The molecule has 1 amide bonds. The Balaban J connectivity index is 2.07. The van der Waals surface area contributed by atoms with Gasteiger partial charge in [0.2, 0.25) is 5.91 Å². The maximum Gasteiger partial charge on any atom is 0.217 e. The van der Waals surface area contributed by atoms with Gasteiger partial charge in [0.25, 0.3) is 0 Å². The third kappa shape index (κ3) is 2.89. The fraction of sp³-hybridized carbons (Fsp3) is 0.692. The zero-order valence-corrected chi connectivity index (χ0v) is 11.6. The second-order valence-electron chi connectivity index (χ2n) is 5.27. The van der Waals surface area contributed by atoms with Crippen LogP contribution in [0.15, 0.2) is 0 Å². The number of piperidine rings is 1. The van der Waals surface area contributed by atoms with Gasteiger partial charge in [-0.1, -0.05) is 0 Å². The second-order valence-corrected chi connectivity index (χ2v) is 5.27. The molecule has 0 spiro atoms. The van der Waals surface area contributed by atoms with Gasteiger partial charge in [-0.3, -0.25) is 9.48 Å². The largest absolute Gasteiger partial charge is 0.391 e. The number of anilines is 1. The van der Waals surface area contributed by atoms with Crippen LogP contribution < -0.4 is 10.6 Å². The number of carbonyl (C=O) groups is 1. The first-order valence-electron chi connectivity index (χ1n) is 6.69. The Morgan fingerprint density at radius 3 is 2.63 bits per heavy atom. The van der Waals surface area contributed by atoms with Crippen LogP contribution in [0.3, 0.4) is 0 Å². The predicted molar refractivity (Wildman–Crippen MR) is 72.6 cm³/mol. The first-order valence-corrected chi connectivity index (χ1v) is 6.69. The van der Waals surface area contributed by atoms with Crippen molar-refractivity contribution < 1.29 is 9.90 Å². The molecule has 2 heterocycles. The summed E-state index contributed by atoms with van der Waals surface area (Å²) in [5.41, 5.74) is 7.02. The highest BCUT2D eigenvalue weighted by Crippen LogP contribution is 2.28. The molecule has 0 saturated carbocycles. The second kappa shape index (κ2) is 5.61. The minimum absolute atomic E-state index is 0.0101. The molecule has 1 aliphatic heterocycles. The molecule has 0 aliphatic carbocycles. The molecule has 2 rings (SSSR count). The number of rotatable bonds is 4. The van der Waals surface area contributed by atoms with Crippen molar-refractivity contribution in [2.75, 3.05) is 18.0 Å². The van der Waals surface area contributed by atoms with Gasteiger partial charge in [-0.2, -0.15) is 5.10 Å². The number of nitrogens with zero attached hydrogens (tertiary/aromatic N) is 3. The highest BCUT2D eigenvalue weighted by molar-refractivity contribution is 5.74. The van der Waals surface area contributed by atoms with E-state index in [-0.39, 0.29) is 12.5 Å². The van der Waals surface area contributed by atoms with E-state index in [1.807, 2.05) is 18.7 Å². The van der Waals surface area contributed by atoms with Crippen molar-refractivity contribution in [1.82, 2.24) is 9.78 Å². The molecule has 1 aromatic rings. The van der Waals surface area contributed by atoms with E-state index in [9.17, 15) is 9.90 Å². The summed E-state index contributed by atoms with van der Waals surface area (Å²) >= 11 is 0. The van der Waals surface area contributed by atoms with Gasteiger partial charge in [0.15, 0.2) is 0 Å². The summed E-state index contributed by atoms with van der Waals surface area (Å²) in [7, 11) is 1.90. The van der Waals surface area contributed by atoms with Crippen LogP contribution in [0.2, 0.25) is 0 Å². The van der Waals surface area contributed by atoms with E-state index in [2.05, 4.69) is 10.00 Å². The molecule has 0 bridgehead atoms. The molecule has 1 aliphatic rings. The molecule has 0 aromatic carbocycles. The predicted octanol–water partition coefficient (Wildman–Crippen LogP) is 0.313. The van der Waals surface area contributed by atoms with Crippen LogP contribution in [0.4, 0.5) is 5.82 Å². The fourth-order valence-corrected chi connectivity index (χ4v) is 2.90. The molecule has 1 fully saturated rings. The normalized spacial score (nSPS) is 16.9. The van der Waals surface area contributed by atoms with Gasteiger partial charge in [0.1, 0.15) is 5.82 Å². The molecular formula is C13H22N4O2. The van der Waals surface area contributed by atoms with Crippen molar-refractivity contribution in [3.05, 3.63) is 11.3 Å². The molecule has 0 unspecified atom stereocenters. The summed E-state index contributed by atoms with van der Waals surface area (Å²) in [5, 5.41) is 13.8. The Bertz CT molecular complexity index is 461. The quantitative estimate of drug-likeness (QED) is 0.821. The molecule has 6 nitrogen and oxygen atoms in total. The van der Waals surface area contributed by atoms with Crippen LogP contribution in [0.25, 0.3) is 0 Å². The average molecular weight is 266 g/mol. The number of amides is 1. The van der Waals surface area contributed by atoms with Crippen LogP contribution in [0.5, 0.6) is 0 Å². The van der Waals surface area contributed by atoms with Crippen molar-refractivity contribution in [1.29, 1.82) is 0 Å². The number of carbonyl (C=O) groups excluding carboxylic acids is 1. The Hall–Kier alpha value is -1.56. The standard InChI is InChI=1S/C13H22N4O2/c1-9-11(8-18)13(16(2)15-9)17-5-3-10(4-6-17)7-12(14)19/h10,18H,3-8H2,1-2H3,(H2,14,19). The number of aliphatic hydroxyl groups excluding tert-OH is 1. The summed E-state index contributed by atoms with van der Waals surface area (Å²) in [6.45, 7) is 3.68. The molecule has 1 saturated heterocycles. The Morgan fingerprint density at radius 1 is 1.47 bits per heavy atom. The summed E-state index contributed by atoms with van der Waals surface area (Å²) in [5.74, 6) is 1.17. The zero-order chi connectivity index (χ0) is 14.0. The monoisotopic (exact) mass is 266 g/mol. The average Bonchev–Trinajstić information content (AvgIpc) is 2.64. The summed E-state index contributed by atoms with van der Waals surface area (Å²) in [6.07, 6.45) is 2.39. The van der Waals surface area contributed by atoms with Crippen molar-refractivity contribution in [3.8, 4) is 0 Å². The van der Waals surface area contributed by atoms with Gasteiger partial charge in [-0.25, -0.2) is 0 Å². The summed E-state index contributed by atoms with van der Waals surface area (Å²) in [4.78, 5) is 13.2. The van der Waals surface area contributed by atoms with E-state index in [1.54, 1.807) is 0 Å². The van der Waals surface area contributed by atoms with Gasteiger partial charge < -0.3 is 15.7 Å². The number of aromatic nitrogens is 2. The van der Waals surface area contributed by atoms with Gasteiger partial charge in [-0.15, -0.1) is 0 Å². The SMILES string of the molecule is Cc1nn(C)c(N2CCC(CC(N)=O)CC2)c1CO. The number of primary amides is 1. The van der Waals surface area contributed by atoms with Crippen molar-refractivity contribution in [2.24, 2.45) is 18.7 Å². The van der Waals surface area contributed by atoms with E-state index >= 15 is 0 Å². The van der Waals surface area contributed by atoms with Crippen molar-refractivity contribution >= 4 is 11.7 Å². The number of nitrogens with two attached hydrogens (primary N) is 1. The maximum absolute atomic E-state index is 10.9.